The molecule has 0 saturated heterocycles. The number of nitrogens with one attached hydrogen (secondary N) is 1. The minimum Gasteiger partial charge on any atom is -0.325 e. The molecule has 0 spiro atoms. The van der Waals surface area contributed by atoms with Crippen molar-refractivity contribution in [2.45, 2.75) is 24.3 Å². The van der Waals surface area contributed by atoms with Crippen LogP contribution in [0.2, 0.25) is 5.02 Å². The lowest BCUT2D eigenvalue weighted by Crippen LogP contribution is -2.23. The van der Waals surface area contributed by atoms with E-state index in [1.54, 1.807) is 18.3 Å². The summed E-state index contributed by atoms with van der Waals surface area (Å²) >= 11 is 7.43. The number of aromatic nitrogens is 2. The van der Waals surface area contributed by atoms with Crippen LogP contribution in [0.15, 0.2) is 66.1 Å². The van der Waals surface area contributed by atoms with Gasteiger partial charge in [-0.05, 0) is 43.7 Å². The van der Waals surface area contributed by atoms with E-state index in [1.807, 2.05) is 61.0 Å². The van der Waals surface area contributed by atoms with E-state index in [-0.39, 0.29) is 11.2 Å². The molecule has 1 heterocycles. The number of carbonyl (C=O) groups excluding carboxylic acids is 1. The molecule has 0 aliphatic heterocycles. The van der Waals surface area contributed by atoms with Crippen molar-refractivity contribution in [3.8, 4) is 5.69 Å². The summed E-state index contributed by atoms with van der Waals surface area (Å²) in [6, 6.07) is 15.4. The van der Waals surface area contributed by atoms with Crippen LogP contribution in [-0.2, 0) is 4.79 Å². The highest BCUT2D eigenvalue weighted by Crippen LogP contribution is 2.26. The van der Waals surface area contributed by atoms with Crippen LogP contribution in [0, 0.1) is 6.92 Å². The molecule has 2 aromatic carbocycles. The Morgan fingerprint density at radius 1 is 1.24 bits per heavy atom. The van der Waals surface area contributed by atoms with Crippen molar-refractivity contribution < 1.29 is 4.79 Å². The number of halogens is 1. The lowest BCUT2D eigenvalue weighted by atomic mass is 10.2. The quantitative estimate of drug-likeness (QED) is 0.645. The van der Waals surface area contributed by atoms with Gasteiger partial charge in [0.2, 0.25) is 5.91 Å². The van der Waals surface area contributed by atoms with Crippen LogP contribution in [0.1, 0.15) is 12.5 Å². The molecule has 1 aromatic heterocycles. The van der Waals surface area contributed by atoms with E-state index in [0.717, 1.165) is 22.1 Å². The molecule has 25 heavy (non-hydrogen) atoms. The molecule has 3 rings (SSSR count). The van der Waals surface area contributed by atoms with Crippen LogP contribution in [0.3, 0.4) is 0 Å². The zero-order chi connectivity index (χ0) is 17.8. The van der Waals surface area contributed by atoms with Gasteiger partial charge in [0, 0.05) is 28.8 Å². The van der Waals surface area contributed by atoms with Crippen molar-refractivity contribution in [2.75, 3.05) is 5.32 Å². The Kier molecular flexibility index (Phi) is 5.46. The monoisotopic (exact) mass is 371 g/mol. The first-order valence-corrected chi connectivity index (χ1v) is 9.13. The number of hydrogen-bond donors (Lipinski definition) is 1. The fourth-order valence-corrected chi connectivity index (χ4v) is 3.39. The van der Waals surface area contributed by atoms with E-state index in [4.69, 9.17) is 11.6 Å². The summed E-state index contributed by atoms with van der Waals surface area (Å²) in [6.45, 7) is 3.80. The summed E-state index contributed by atoms with van der Waals surface area (Å²) in [6.07, 6.45) is 3.63. The molecule has 1 unspecified atom stereocenters. The number of thioether (sulfide) groups is 1. The van der Waals surface area contributed by atoms with Crippen LogP contribution in [0.5, 0.6) is 0 Å². The summed E-state index contributed by atoms with van der Waals surface area (Å²) in [5.41, 5.74) is 2.72. The van der Waals surface area contributed by atoms with Gasteiger partial charge in [0.25, 0.3) is 0 Å². The Balaban J connectivity index is 1.73. The molecule has 3 aromatic rings. The van der Waals surface area contributed by atoms with E-state index in [9.17, 15) is 4.79 Å². The lowest BCUT2D eigenvalue weighted by Gasteiger charge is -2.14. The van der Waals surface area contributed by atoms with Crippen LogP contribution in [0.4, 0.5) is 5.69 Å². The topological polar surface area (TPSA) is 46.9 Å². The number of hydrogen-bond acceptors (Lipinski definition) is 3. The largest absolute Gasteiger partial charge is 0.325 e. The molecule has 6 heteroatoms. The normalized spacial score (nSPS) is 12.0. The molecule has 0 aliphatic carbocycles. The van der Waals surface area contributed by atoms with E-state index < -0.39 is 0 Å². The molecule has 1 N–H and O–H groups in total. The van der Waals surface area contributed by atoms with E-state index >= 15 is 0 Å². The van der Waals surface area contributed by atoms with Gasteiger partial charge in [-0.1, -0.05) is 47.6 Å². The van der Waals surface area contributed by atoms with Crippen molar-refractivity contribution in [2.24, 2.45) is 0 Å². The van der Waals surface area contributed by atoms with Gasteiger partial charge in [0.05, 0.1) is 5.25 Å². The Hall–Kier alpha value is -2.24. The van der Waals surface area contributed by atoms with Gasteiger partial charge in [-0.2, -0.15) is 0 Å². The Bertz CT molecular complexity index is 879. The van der Waals surface area contributed by atoms with Crippen molar-refractivity contribution in [1.82, 2.24) is 9.55 Å². The first-order chi connectivity index (χ1) is 12.0. The molecule has 128 valence electrons. The molecule has 1 amide bonds. The highest BCUT2D eigenvalue weighted by Gasteiger charge is 2.18. The van der Waals surface area contributed by atoms with Crippen molar-refractivity contribution >= 4 is 35.0 Å². The average Bonchev–Trinajstić information content (AvgIpc) is 3.07. The SMILES string of the molecule is Cc1ccc(Cl)cc1NC(=O)C(C)Sc1nccn1-c1ccccc1. The van der Waals surface area contributed by atoms with Gasteiger partial charge < -0.3 is 5.32 Å². The average molecular weight is 372 g/mol. The molecule has 0 aliphatic rings. The van der Waals surface area contributed by atoms with Crippen molar-refractivity contribution in [3.05, 3.63) is 71.5 Å². The number of amides is 1. The summed E-state index contributed by atoms with van der Waals surface area (Å²) < 4.78 is 1.97. The predicted molar refractivity (Wildman–Crippen MR) is 104 cm³/mol. The first-order valence-electron chi connectivity index (χ1n) is 7.87. The Morgan fingerprint density at radius 2 is 2.00 bits per heavy atom. The number of imidazole rings is 1. The standard InChI is InChI=1S/C19H18ClN3OS/c1-13-8-9-15(20)12-17(13)22-18(24)14(2)25-19-21-10-11-23(19)16-6-4-3-5-7-16/h3-12,14H,1-2H3,(H,22,24). The van der Waals surface area contributed by atoms with Crippen LogP contribution in [-0.4, -0.2) is 20.7 Å². The molecule has 4 nitrogen and oxygen atoms in total. The van der Waals surface area contributed by atoms with Crippen molar-refractivity contribution in [1.29, 1.82) is 0 Å². The van der Waals surface area contributed by atoms with Gasteiger partial charge in [-0.3, -0.25) is 9.36 Å². The van der Waals surface area contributed by atoms with Crippen LogP contribution < -0.4 is 5.32 Å². The van der Waals surface area contributed by atoms with Crippen molar-refractivity contribution in [3.63, 3.8) is 0 Å². The number of aryl methyl sites for hydroxylation is 1. The number of rotatable bonds is 5. The lowest BCUT2D eigenvalue weighted by molar-refractivity contribution is -0.115. The summed E-state index contributed by atoms with van der Waals surface area (Å²) in [5, 5.41) is 4.01. The maximum atomic E-state index is 12.5. The number of benzene rings is 2. The predicted octanol–water partition coefficient (Wildman–Crippen LogP) is 4.95. The summed E-state index contributed by atoms with van der Waals surface area (Å²) in [4.78, 5) is 16.9. The second kappa shape index (κ2) is 7.76. The summed E-state index contributed by atoms with van der Waals surface area (Å²) in [5.74, 6) is -0.0852. The fourth-order valence-electron chi connectivity index (χ4n) is 2.34. The molecule has 0 bridgehead atoms. The Labute approximate surface area is 156 Å². The number of nitrogens with zero attached hydrogens (tertiary/aromatic N) is 2. The Morgan fingerprint density at radius 3 is 2.76 bits per heavy atom. The van der Waals surface area contributed by atoms with Gasteiger partial charge in [-0.15, -0.1) is 0 Å². The minimum atomic E-state index is -0.303. The molecule has 0 fully saturated rings. The number of carbonyl (C=O) groups is 1. The maximum absolute atomic E-state index is 12.5. The van der Waals surface area contributed by atoms with Crippen LogP contribution in [0.25, 0.3) is 5.69 Å². The zero-order valence-corrected chi connectivity index (χ0v) is 15.5. The van der Waals surface area contributed by atoms with Crippen LogP contribution >= 0.6 is 23.4 Å². The highest BCUT2D eigenvalue weighted by molar-refractivity contribution is 8.00. The number of para-hydroxylation sites is 1. The first kappa shape index (κ1) is 17.6. The second-order valence-electron chi connectivity index (χ2n) is 5.62. The van der Waals surface area contributed by atoms with Gasteiger partial charge >= 0.3 is 0 Å². The van der Waals surface area contributed by atoms with E-state index in [1.165, 1.54) is 11.8 Å². The third-order valence-electron chi connectivity index (χ3n) is 3.75. The van der Waals surface area contributed by atoms with Gasteiger partial charge in [0.1, 0.15) is 0 Å². The second-order valence-corrected chi connectivity index (χ2v) is 7.37. The molecule has 0 saturated carbocycles. The van der Waals surface area contributed by atoms with Gasteiger partial charge in [-0.25, -0.2) is 4.98 Å². The zero-order valence-electron chi connectivity index (χ0n) is 13.9. The van der Waals surface area contributed by atoms with Gasteiger partial charge in [0.15, 0.2) is 5.16 Å². The fraction of sp³-hybridized carbons (Fsp3) is 0.158. The maximum Gasteiger partial charge on any atom is 0.237 e. The summed E-state index contributed by atoms with van der Waals surface area (Å²) in [7, 11) is 0. The molecule has 0 radical (unpaired) electrons. The third-order valence-corrected chi connectivity index (χ3v) is 5.07. The third kappa shape index (κ3) is 4.24. The minimum absolute atomic E-state index is 0.0852. The number of anilines is 1. The highest BCUT2D eigenvalue weighted by atomic mass is 35.5. The van der Waals surface area contributed by atoms with E-state index in [2.05, 4.69) is 10.3 Å². The molecule has 1 atom stereocenters. The van der Waals surface area contributed by atoms with E-state index in [0.29, 0.717) is 5.02 Å². The smallest absolute Gasteiger partial charge is 0.237 e. The molecular weight excluding hydrogens is 354 g/mol. The molecular formula is C19H18ClN3OS.